The van der Waals surface area contributed by atoms with Gasteiger partial charge in [0.2, 0.25) is 11.9 Å². The molecule has 0 radical (unpaired) electrons. The maximum absolute atomic E-state index is 13.3. The van der Waals surface area contributed by atoms with Gasteiger partial charge in [-0.3, -0.25) is 10.0 Å². The summed E-state index contributed by atoms with van der Waals surface area (Å²) >= 11 is 1.42. The summed E-state index contributed by atoms with van der Waals surface area (Å²) in [6.07, 6.45) is 5.88. The predicted octanol–water partition coefficient (Wildman–Crippen LogP) is 3.16. The molecule has 4 aromatic heterocycles. The minimum atomic E-state index is -0.458. The summed E-state index contributed by atoms with van der Waals surface area (Å²) in [4.78, 5) is 22.2. The molecule has 0 aliphatic carbocycles. The third kappa shape index (κ3) is 4.29. The van der Waals surface area contributed by atoms with Crippen molar-refractivity contribution in [2.24, 2.45) is 0 Å². The molecule has 10 heteroatoms. The van der Waals surface area contributed by atoms with E-state index in [4.69, 9.17) is 0 Å². The number of nitrogens with zero attached hydrogens (tertiary/aromatic N) is 5. The number of carbonyl (C=O) groups is 1. The van der Waals surface area contributed by atoms with Crippen molar-refractivity contribution in [2.45, 2.75) is 26.8 Å². The summed E-state index contributed by atoms with van der Waals surface area (Å²) in [5.41, 5.74) is 2.22. The van der Waals surface area contributed by atoms with Crippen LogP contribution in [0.1, 0.15) is 39.6 Å². The van der Waals surface area contributed by atoms with Crippen molar-refractivity contribution in [1.29, 1.82) is 0 Å². The topological polar surface area (TPSA) is 96.8 Å². The monoisotopic (exact) mass is 439 g/mol. The van der Waals surface area contributed by atoms with Gasteiger partial charge >= 0.3 is 0 Å². The molecular formula is C21H20FN6O2S+. The average molecular weight is 439 g/mol. The second kappa shape index (κ2) is 8.23. The molecule has 0 aromatic carbocycles. The average Bonchev–Trinajstić information content (AvgIpc) is 3.37. The Labute approximate surface area is 181 Å². The second-order valence-corrected chi connectivity index (χ2v) is 8.29. The summed E-state index contributed by atoms with van der Waals surface area (Å²) in [5, 5.41) is 18.2. The van der Waals surface area contributed by atoms with Gasteiger partial charge in [0.15, 0.2) is 5.82 Å². The first kappa shape index (κ1) is 20.6. The number of halogens is 1. The minimum absolute atomic E-state index is 0.339. The molecule has 0 unspecified atom stereocenters. The number of nitrogens with one attached hydrogen (secondary N) is 1. The molecule has 8 nitrogen and oxygen atoms in total. The van der Waals surface area contributed by atoms with Crippen LogP contribution in [0.2, 0.25) is 0 Å². The summed E-state index contributed by atoms with van der Waals surface area (Å²) in [6, 6.07) is 6.01. The highest BCUT2D eigenvalue weighted by molar-refractivity contribution is 7.15. The lowest BCUT2D eigenvalue weighted by Crippen LogP contribution is -2.35. The van der Waals surface area contributed by atoms with E-state index in [-0.39, 0.29) is 11.9 Å². The van der Waals surface area contributed by atoms with Crippen molar-refractivity contribution in [2.75, 3.05) is 0 Å². The van der Waals surface area contributed by atoms with Crippen molar-refractivity contribution in [3.8, 4) is 16.4 Å². The minimum Gasteiger partial charge on any atom is -0.345 e. The molecule has 1 amide bonds. The fourth-order valence-corrected chi connectivity index (χ4v) is 3.78. The van der Waals surface area contributed by atoms with Gasteiger partial charge in [0.1, 0.15) is 11.5 Å². The lowest BCUT2D eigenvalue weighted by atomic mass is 10.1. The first-order valence-electron chi connectivity index (χ1n) is 9.48. The number of hydrogen-bond acceptors (Lipinski definition) is 6. The molecule has 0 aliphatic heterocycles. The first-order chi connectivity index (χ1) is 14.8. The highest BCUT2D eigenvalue weighted by atomic mass is 32.1. The van der Waals surface area contributed by atoms with E-state index in [2.05, 4.69) is 20.4 Å². The van der Waals surface area contributed by atoms with E-state index < -0.39 is 5.82 Å². The maximum atomic E-state index is 13.3. The number of amides is 1. The Kier molecular flexibility index (Phi) is 5.47. The normalized spacial score (nSPS) is 12.0. The van der Waals surface area contributed by atoms with Crippen molar-refractivity contribution in [3.63, 3.8) is 0 Å². The van der Waals surface area contributed by atoms with Gasteiger partial charge in [-0.25, -0.2) is 19.0 Å². The second-order valence-electron chi connectivity index (χ2n) is 7.06. The zero-order chi connectivity index (χ0) is 22.1. The predicted molar refractivity (Wildman–Crippen MR) is 112 cm³/mol. The SMILES string of the molecule is Cc1ncc(-c2nn(-c3ccc(F)cn3)cc2C(=O)N[C@H](C)c2ccc(C)[n+](O)c2)s1. The summed E-state index contributed by atoms with van der Waals surface area (Å²) in [5.74, 6) is -0.414. The Morgan fingerprint density at radius 2 is 2.03 bits per heavy atom. The van der Waals surface area contributed by atoms with Gasteiger partial charge < -0.3 is 5.32 Å². The number of aryl methyl sites for hydroxylation is 2. The van der Waals surface area contributed by atoms with E-state index >= 15 is 0 Å². The number of pyridine rings is 2. The van der Waals surface area contributed by atoms with Crippen LogP contribution in [0.25, 0.3) is 16.4 Å². The van der Waals surface area contributed by atoms with Crippen LogP contribution >= 0.6 is 11.3 Å². The van der Waals surface area contributed by atoms with Crippen molar-refractivity contribution in [1.82, 2.24) is 25.1 Å². The molecule has 4 heterocycles. The van der Waals surface area contributed by atoms with Gasteiger partial charge in [0, 0.05) is 35.7 Å². The quantitative estimate of drug-likeness (QED) is 0.368. The lowest BCUT2D eigenvalue weighted by Gasteiger charge is -2.12. The zero-order valence-corrected chi connectivity index (χ0v) is 17.9. The van der Waals surface area contributed by atoms with Crippen LogP contribution in [0, 0.1) is 19.7 Å². The molecule has 0 spiro atoms. The van der Waals surface area contributed by atoms with E-state index in [9.17, 15) is 14.4 Å². The van der Waals surface area contributed by atoms with Gasteiger partial charge in [-0.2, -0.15) is 5.10 Å². The molecule has 158 valence electrons. The number of thiazole rings is 1. The van der Waals surface area contributed by atoms with E-state index in [0.717, 1.165) is 26.4 Å². The highest BCUT2D eigenvalue weighted by Gasteiger charge is 2.23. The third-order valence-electron chi connectivity index (χ3n) is 4.76. The van der Waals surface area contributed by atoms with E-state index in [0.29, 0.717) is 22.8 Å². The first-order valence-corrected chi connectivity index (χ1v) is 10.3. The molecule has 0 fully saturated rings. The molecule has 4 rings (SSSR count). The molecule has 0 saturated carbocycles. The maximum Gasteiger partial charge on any atom is 0.255 e. The van der Waals surface area contributed by atoms with Crippen LogP contribution in [0.15, 0.2) is 49.1 Å². The Hall–Kier alpha value is -3.66. The molecule has 2 N–H and O–H groups in total. The van der Waals surface area contributed by atoms with Crippen molar-refractivity contribution < 1.29 is 19.1 Å². The Bertz CT molecular complexity index is 1250. The molecular weight excluding hydrogens is 419 g/mol. The van der Waals surface area contributed by atoms with Crippen LogP contribution in [0.5, 0.6) is 0 Å². The lowest BCUT2D eigenvalue weighted by molar-refractivity contribution is -0.909. The Morgan fingerprint density at radius 1 is 1.23 bits per heavy atom. The standard InChI is InChI=1S/C21H19FN6O2S/c1-12-4-5-15(10-28(12)30)13(2)25-21(29)17-11-27(19-7-6-16(22)8-24-19)26-20(17)18-9-23-14(3)31-18/h4-11,13H,1-3H3,(H-,25,29,30)/p+1/t13-/m1/s1. The fraction of sp³-hybridized carbons (Fsp3) is 0.190. The summed E-state index contributed by atoms with van der Waals surface area (Å²) in [7, 11) is 0. The number of carbonyl (C=O) groups excluding carboxylic acids is 1. The van der Waals surface area contributed by atoms with Crippen molar-refractivity contribution >= 4 is 17.2 Å². The van der Waals surface area contributed by atoms with Crippen LogP contribution in [0.3, 0.4) is 0 Å². The van der Waals surface area contributed by atoms with Crippen LogP contribution in [0.4, 0.5) is 4.39 Å². The van der Waals surface area contributed by atoms with Crippen LogP contribution in [-0.2, 0) is 0 Å². The molecule has 0 bridgehead atoms. The zero-order valence-electron chi connectivity index (χ0n) is 17.1. The summed E-state index contributed by atoms with van der Waals surface area (Å²) < 4.78 is 15.7. The number of rotatable bonds is 5. The van der Waals surface area contributed by atoms with Crippen LogP contribution in [-0.4, -0.2) is 30.9 Å². The van der Waals surface area contributed by atoms with E-state index in [1.165, 1.54) is 28.2 Å². The fourth-order valence-electron chi connectivity index (χ4n) is 3.01. The van der Waals surface area contributed by atoms with Gasteiger partial charge in [0.25, 0.3) is 5.91 Å². The smallest absolute Gasteiger partial charge is 0.255 e. The molecule has 31 heavy (non-hydrogen) atoms. The van der Waals surface area contributed by atoms with E-state index in [1.807, 2.05) is 19.9 Å². The third-order valence-corrected chi connectivity index (χ3v) is 5.68. The molecule has 0 aliphatic rings. The van der Waals surface area contributed by atoms with Gasteiger partial charge in [0.05, 0.1) is 27.7 Å². The highest BCUT2D eigenvalue weighted by Crippen LogP contribution is 2.29. The summed E-state index contributed by atoms with van der Waals surface area (Å²) in [6.45, 7) is 5.47. The Balaban J connectivity index is 1.68. The van der Waals surface area contributed by atoms with Gasteiger partial charge in [-0.05, 0) is 32.0 Å². The van der Waals surface area contributed by atoms with E-state index in [1.54, 1.807) is 31.6 Å². The number of hydrogen-bond donors (Lipinski definition) is 2. The van der Waals surface area contributed by atoms with Crippen molar-refractivity contribution in [3.05, 3.63) is 76.7 Å². The molecule has 1 atom stereocenters. The largest absolute Gasteiger partial charge is 0.345 e. The number of aromatic nitrogens is 5. The van der Waals surface area contributed by atoms with Gasteiger partial charge in [-0.1, -0.05) is 0 Å². The molecule has 0 saturated heterocycles. The van der Waals surface area contributed by atoms with Gasteiger partial charge in [-0.15, -0.1) is 11.3 Å². The Morgan fingerprint density at radius 3 is 2.68 bits per heavy atom. The van der Waals surface area contributed by atoms with Crippen LogP contribution < -0.4 is 10.0 Å². The molecule has 4 aromatic rings.